The van der Waals surface area contributed by atoms with Crippen molar-refractivity contribution >= 4 is 5.91 Å². The van der Waals surface area contributed by atoms with E-state index in [0.29, 0.717) is 5.76 Å². The van der Waals surface area contributed by atoms with Gasteiger partial charge in [0.05, 0.1) is 12.6 Å². The van der Waals surface area contributed by atoms with E-state index in [0.717, 1.165) is 0 Å². The summed E-state index contributed by atoms with van der Waals surface area (Å²) in [6, 6.07) is 0. The number of carbonyl (C=O) groups excluding carboxylic acids is 1. The molecule has 0 aliphatic rings. The van der Waals surface area contributed by atoms with E-state index in [1.165, 1.54) is 6.20 Å². The molecule has 1 aromatic rings. The van der Waals surface area contributed by atoms with E-state index < -0.39 is 5.91 Å². The number of hydrogen-bond donors (Lipinski definition) is 1. The average molecular weight is 127 g/mol. The lowest BCUT2D eigenvalue weighted by Gasteiger charge is -1.83. The van der Waals surface area contributed by atoms with Gasteiger partial charge in [-0.25, -0.2) is 0 Å². The Bertz CT molecular complexity index is 194. The summed E-state index contributed by atoms with van der Waals surface area (Å²) in [4.78, 5) is 10.2. The van der Waals surface area contributed by atoms with Gasteiger partial charge in [-0.2, -0.15) is 0 Å². The summed E-state index contributed by atoms with van der Waals surface area (Å²) >= 11 is 0. The molecule has 48 valence electrons. The quantitative estimate of drug-likeness (QED) is 0.558. The van der Waals surface area contributed by atoms with Gasteiger partial charge in [0, 0.05) is 5.27 Å². The number of hydrogen-bond acceptors (Lipinski definition) is 4. The van der Waals surface area contributed by atoms with Crippen molar-refractivity contribution in [3.8, 4) is 0 Å². The normalized spacial score (nSPS) is 9.33. The van der Waals surface area contributed by atoms with Crippen molar-refractivity contribution in [1.29, 1.82) is 0 Å². The number of primary amides is 1. The zero-order valence-electron chi connectivity index (χ0n) is 4.57. The van der Waals surface area contributed by atoms with Crippen molar-refractivity contribution in [2.45, 2.75) is 6.42 Å². The van der Waals surface area contributed by atoms with E-state index >= 15 is 0 Å². The highest BCUT2D eigenvalue weighted by atomic mass is 16.5. The van der Waals surface area contributed by atoms with E-state index in [1.807, 2.05) is 0 Å². The topological polar surface area (TPSA) is 82.0 Å². The zero-order valence-corrected chi connectivity index (χ0v) is 4.57. The van der Waals surface area contributed by atoms with Crippen LogP contribution in [0.5, 0.6) is 0 Å². The van der Waals surface area contributed by atoms with Crippen molar-refractivity contribution in [3.05, 3.63) is 12.0 Å². The molecule has 0 aliphatic carbocycles. The van der Waals surface area contributed by atoms with Gasteiger partial charge in [0.1, 0.15) is 0 Å². The third-order valence-corrected chi connectivity index (χ3v) is 0.755. The predicted molar refractivity (Wildman–Crippen MR) is 27.2 cm³/mol. The van der Waals surface area contributed by atoms with Gasteiger partial charge in [0.15, 0.2) is 5.76 Å². The summed E-state index contributed by atoms with van der Waals surface area (Å²) in [5.74, 6) is -0.0592. The molecule has 0 saturated carbocycles. The van der Waals surface area contributed by atoms with Crippen LogP contribution in [0.4, 0.5) is 0 Å². The first-order valence-electron chi connectivity index (χ1n) is 2.33. The molecule has 0 unspecified atom stereocenters. The molecule has 0 radical (unpaired) electrons. The number of rotatable bonds is 2. The molecule has 9 heavy (non-hydrogen) atoms. The Morgan fingerprint density at radius 1 is 1.89 bits per heavy atom. The monoisotopic (exact) mass is 127 g/mol. The second kappa shape index (κ2) is 2.25. The summed E-state index contributed by atoms with van der Waals surface area (Å²) in [6.45, 7) is 0. The highest BCUT2D eigenvalue weighted by molar-refractivity contribution is 5.75. The summed E-state index contributed by atoms with van der Waals surface area (Å²) in [5, 5.41) is 6.49. The van der Waals surface area contributed by atoms with E-state index in [2.05, 4.69) is 14.9 Å². The van der Waals surface area contributed by atoms with Crippen LogP contribution in [-0.2, 0) is 11.2 Å². The fourth-order valence-corrected chi connectivity index (χ4v) is 0.437. The van der Waals surface area contributed by atoms with Crippen LogP contribution in [0, 0.1) is 0 Å². The lowest BCUT2D eigenvalue weighted by molar-refractivity contribution is -0.117. The molecule has 5 heteroatoms. The molecule has 0 fully saturated rings. The van der Waals surface area contributed by atoms with Crippen LogP contribution in [0.1, 0.15) is 5.76 Å². The molecule has 1 aromatic heterocycles. The highest BCUT2D eigenvalue weighted by Crippen LogP contribution is 1.92. The molecule has 0 bridgehead atoms. The molecule has 1 amide bonds. The van der Waals surface area contributed by atoms with Crippen LogP contribution < -0.4 is 5.73 Å². The summed E-state index contributed by atoms with van der Waals surface area (Å²) in [6.07, 6.45) is 1.41. The van der Waals surface area contributed by atoms with Crippen molar-refractivity contribution in [2.24, 2.45) is 5.73 Å². The molecule has 1 rings (SSSR count). The largest absolute Gasteiger partial charge is 0.369 e. The van der Waals surface area contributed by atoms with Crippen molar-refractivity contribution in [3.63, 3.8) is 0 Å². The number of amides is 1. The first-order valence-corrected chi connectivity index (χ1v) is 2.33. The Labute approximate surface area is 50.8 Å². The molecule has 5 nitrogen and oxygen atoms in total. The van der Waals surface area contributed by atoms with E-state index in [1.54, 1.807) is 0 Å². The Hall–Kier alpha value is -1.39. The molecular formula is C4H5N3O2. The second-order valence-electron chi connectivity index (χ2n) is 1.53. The van der Waals surface area contributed by atoms with Crippen LogP contribution in [0.15, 0.2) is 10.7 Å². The van der Waals surface area contributed by atoms with Crippen LogP contribution in [0.3, 0.4) is 0 Å². The van der Waals surface area contributed by atoms with Gasteiger partial charge in [0.2, 0.25) is 5.91 Å². The number of carbonyl (C=O) groups is 1. The fraction of sp³-hybridized carbons (Fsp3) is 0.250. The minimum absolute atomic E-state index is 0.0625. The molecule has 0 spiro atoms. The number of nitrogens with two attached hydrogens (primary N) is 1. The maximum Gasteiger partial charge on any atom is 0.225 e. The summed E-state index contributed by atoms with van der Waals surface area (Å²) < 4.78 is 4.48. The molecule has 0 aliphatic heterocycles. The fourth-order valence-electron chi connectivity index (χ4n) is 0.437. The van der Waals surface area contributed by atoms with E-state index in [9.17, 15) is 4.79 Å². The van der Waals surface area contributed by atoms with Gasteiger partial charge in [0.25, 0.3) is 0 Å². The Kier molecular flexibility index (Phi) is 1.44. The number of aromatic nitrogens is 2. The van der Waals surface area contributed by atoms with Gasteiger partial charge in [-0.1, -0.05) is 0 Å². The van der Waals surface area contributed by atoms with Gasteiger partial charge >= 0.3 is 0 Å². The first-order chi connectivity index (χ1) is 4.29. The SMILES string of the molecule is NC(=O)Cc1cnno1. The lowest BCUT2D eigenvalue weighted by atomic mass is 10.3. The Morgan fingerprint density at radius 3 is 3.11 bits per heavy atom. The van der Waals surface area contributed by atoms with Crippen molar-refractivity contribution in [1.82, 2.24) is 10.4 Å². The van der Waals surface area contributed by atoms with Crippen LogP contribution in [0.25, 0.3) is 0 Å². The molecule has 0 saturated heterocycles. The average Bonchev–Trinajstić information content (AvgIpc) is 2.15. The van der Waals surface area contributed by atoms with E-state index in [4.69, 9.17) is 5.73 Å². The van der Waals surface area contributed by atoms with Crippen LogP contribution in [-0.4, -0.2) is 16.3 Å². The Morgan fingerprint density at radius 2 is 2.67 bits per heavy atom. The van der Waals surface area contributed by atoms with Gasteiger partial charge in [-0.3, -0.25) is 4.79 Å². The summed E-state index contributed by atoms with van der Waals surface area (Å²) in [5.41, 5.74) is 4.83. The molecule has 0 aromatic carbocycles. The van der Waals surface area contributed by atoms with E-state index in [-0.39, 0.29) is 6.42 Å². The minimum Gasteiger partial charge on any atom is -0.369 e. The maximum absolute atomic E-state index is 10.2. The van der Waals surface area contributed by atoms with Crippen LogP contribution in [0.2, 0.25) is 0 Å². The molecule has 0 atom stereocenters. The van der Waals surface area contributed by atoms with Gasteiger partial charge in [-0.15, -0.1) is 5.10 Å². The van der Waals surface area contributed by atoms with Crippen molar-refractivity contribution < 1.29 is 9.32 Å². The predicted octanol–water partition coefficient (Wildman–Crippen LogP) is -0.903. The van der Waals surface area contributed by atoms with Crippen molar-refractivity contribution in [2.75, 3.05) is 0 Å². The first kappa shape index (κ1) is 5.74. The maximum atomic E-state index is 10.2. The minimum atomic E-state index is -0.450. The number of nitrogens with zero attached hydrogens (tertiary/aromatic N) is 2. The standard InChI is InChI=1S/C4H5N3O2/c5-4(8)1-3-2-6-7-9-3/h2H,1H2,(H2,5,8). The van der Waals surface area contributed by atoms with Gasteiger partial charge in [-0.05, 0) is 0 Å². The smallest absolute Gasteiger partial charge is 0.225 e. The lowest BCUT2D eigenvalue weighted by Crippen LogP contribution is -2.12. The third kappa shape index (κ3) is 1.52. The Balaban J connectivity index is 2.58. The molecular weight excluding hydrogens is 122 g/mol. The molecule has 2 N–H and O–H groups in total. The second-order valence-corrected chi connectivity index (χ2v) is 1.53. The van der Waals surface area contributed by atoms with Gasteiger partial charge < -0.3 is 10.3 Å². The third-order valence-electron chi connectivity index (χ3n) is 0.755. The molecule has 1 heterocycles. The van der Waals surface area contributed by atoms with Crippen LogP contribution >= 0.6 is 0 Å². The highest BCUT2D eigenvalue weighted by Gasteiger charge is 2.00. The zero-order chi connectivity index (χ0) is 6.69. The summed E-state index contributed by atoms with van der Waals surface area (Å²) in [7, 11) is 0.